The van der Waals surface area contributed by atoms with Crippen molar-refractivity contribution in [1.82, 2.24) is 15.1 Å². The first-order valence-corrected chi connectivity index (χ1v) is 14.8. The molecule has 5 atom stereocenters. The van der Waals surface area contributed by atoms with Crippen LogP contribution in [0.3, 0.4) is 0 Å². The van der Waals surface area contributed by atoms with E-state index in [1.807, 2.05) is 32.9 Å². The third kappa shape index (κ3) is 6.95. The number of carbonyl (C=O) groups is 4. The quantitative estimate of drug-likeness (QED) is 0.342. The van der Waals surface area contributed by atoms with Gasteiger partial charge in [0.15, 0.2) is 0 Å². The number of amides is 2. The lowest BCUT2D eigenvalue weighted by Gasteiger charge is -2.51. The number of rotatable bonds is 10. The van der Waals surface area contributed by atoms with Crippen LogP contribution < -0.4 is 5.32 Å². The number of carboxylic acid groups (broad SMARTS) is 1. The second-order valence-electron chi connectivity index (χ2n) is 13.7. The first kappa shape index (κ1) is 33.0. The molecule has 2 aliphatic rings. The van der Waals surface area contributed by atoms with Gasteiger partial charge in [0.25, 0.3) is 0 Å². The van der Waals surface area contributed by atoms with E-state index in [4.69, 9.17) is 11.6 Å². The number of benzene rings is 1. The fourth-order valence-electron chi connectivity index (χ4n) is 7.12. The SMILES string of the molecule is C[C@@H](CN1CC[C@](O)(c2ccc(Cl)cc2)C(C)(C)C1)C(C=O)NC(=O)[C@@H]1CCC(CC=O)(N(C(=O)O)C(C)(C)C)C1. The van der Waals surface area contributed by atoms with E-state index in [-0.39, 0.29) is 24.7 Å². The predicted octanol–water partition coefficient (Wildman–Crippen LogP) is 4.49. The summed E-state index contributed by atoms with van der Waals surface area (Å²) in [5.74, 6) is -0.991. The van der Waals surface area contributed by atoms with Gasteiger partial charge in [-0.3, -0.25) is 9.69 Å². The fourth-order valence-corrected chi connectivity index (χ4v) is 7.25. The summed E-state index contributed by atoms with van der Waals surface area (Å²) in [6.07, 6.45) is 1.96. The van der Waals surface area contributed by atoms with Gasteiger partial charge < -0.3 is 30.0 Å². The maximum Gasteiger partial charge on any atom is 0.408 e. The Morgan fingerprint density at radius 2 is 1.83 bits per heavy atom. The number of likely N-dealkylation sites (tertiary alicyclic amines) is 1. The van der Waals surface area contributed by atoms with E-state index in [1.165, 1.54) is 4.90 Å². The Bertz CT molecular complexity index is 1120. The van der Waals surface area contributed by atoms with E-state index < -0.39 is 40.1 Å². The van der Waals surface area contributed by atoms with Crippen LogP contribution in [0.2, 0.25) is 5.02 Å². The first-order valence-electron chi connectivity index (χ1n) is 14.4. The number of aldehydes is 2. The number of carbonyl (C=O) groups excluding carboxylic acids is 3. The summed E-state index contributed by atoms with van der Waals surface area (Å²) in [7, 11) is 0. The van der Waals surface area contributed by atoms with E-state index in [1.54, 1.807) is 32.9 Å². The van der Waals surface area contributed by atoms with Gasteiger partial charge in [-0.05, 0) is 70.1 Å². The van der Waals surface area contributed by atoms with Crippen molar-refractivity contribution in [2.45, 2.75) is 96.4 Å². The Hall–Kier alpha value is -2.49. The minimum absolute atomic E-state index is 0.0149. The highest BCUT2D eigenvalue weighted by atomic mass is 35.5. The van der Waals surface area contributed by atoms with Crippen LogP contribution in [-0.2, 0) is 20.0 Å². The van der Waals surface area contributed by atoms with E-state index in [0.29, 0.717) is 43.9 Å². The molecule has 1 aromatic rings. The van der Waals surface area contributed by atoms with Crippen molar-refractivity contribution in [2.75, 3.05) is 19.6 Å². The maximum absolute atomic E-state index is 13.3. The molecule has 228 valence electrons. The zero-order chi connectivity index (χ0) is 30.8. The molecule has 1 saturated heterocycles. The first-order chi connectivity index (χ1) is 19.0. The third-order valence-electron chi connectivity index (χ3n) is 9.22. The normalized spacial score (nSPS) is 28.0. The molecule has 1 heterocycles. The molecule has 1 aliphatic carbocycles. The van der Waals surface area contributed by atoms with Crippen LogP contribution in [0, 0.1) is 17.3 Å². The molecule has 3 N–H and O–H groups in total. The standard InChI is InChI=1S/C31H46ClN3O6/c1-21(18-34-15-13-31(41,29(5,6)20-34)23-7-9-24(32)10-8-23)25(19-37)33-26(38)22-11-12-30(17-22,14-16-36)35(27(39)40)28(2,3)4/h7-10,16,19,21-22,25,41H,11-15,17-18,20H2,1-6H3,(H,33,38)(H,39,40)/t21-,22+,25?,30?,31-/m0/s1. The zero-order valence-corrected chi connectivity index (χ0v) is 25.9. The Morgan fingerprint density at radius 1 is 1.20 bits per heavy atom. The summed E-state index contributed by atoms with van der Waals surface area (Å²) in [5, 5.41) is 25.2. The molecule has 1 aliphatic heterocycles. The molecule has 0 spiro atoms. The molecule has 10 heteroatoms. The molecule has 0 aromatic heterocycles. The number of nitrogens with zero attached hydrogens (tertiary/aromatic N) is 2. The molecule has 2 fully saturated rings. The van der Waals surface area contributed by atoms with Crippen LogP contribution in [0.15, 0.2) is 24.3 Å². The minimum Gasteiger partial charge on any atom is -0.465 e. The summed E-state index contributed by atoms with van der Waals surface area (Å²) in [5.41, 5.74) is -2.39. The summed E-state index contributed by atoms with van der Waals surface area (Å²) < 4.78 is 0. The summed E-state index contributed by atoms with van der Waals surface area (Å²) >= 11 is 6.05. The van der Waals surface area contributed by atoms with Crippen LogP contribution in [0.4, 0.5) is 4.79 Å². The van der Waals surface area contributed by atoms with E-state index in [9.17, 15) is 29.4 Å². The van der Waals surface area contributed by atoms with E-state index in [2.05, 4.69) is 10.2 Å². The fraction of sp³-hybridized carbons (Fsp3) is 0.677. The average molecular weight is 592 g/mol. The lowest BCUT2D eigenvalue weighted by Crippen LogP contribution is -2.59. The molecule has 2 amide bonds. The van der Waals surface area contributed by atoms with Crippen molar-refractivity contribution in [2.24, 2.45) is 17.3 Å². The maximum atomic E-state index is 13.3. The van der Waals surface area contributed by atoms with Crippen molar-refractivity contribution in [3.8, 4) is 0 Å². The monoisotopic (exact) mass is 591 g/mol. The molecule has 9 nitrogen and oxygen atoms in total. The van der Waals surface area contributed by atoms with Gasteiger partial charge in [-0.25, -0.2) is 4.79 Å². The van der Waals surface area contributed by atoms with Gasteiger partial charge in [-0.15, -0.1) is 0 Å². The van der Waals surface area contributed by atoms with E-state index in [0.717, 1.165) is 18.1 Å². The highest BCUT2D eigenvalue weighted by Gasteiger charge is 2.52. The molecule has 3 rings (SSSR count). The molecule has 2 unspecified atom stereocenters. The Kier molecular flexibility index (Phi) is 9.98. The topological polar surface area (TPSA) is 127 Å². The molecule has 41 heavy (non-hydrogen) atoms. The third-order valence-corrected chi connectivity index (χ3v) is 9.47. The smallest absolute Gasteiger partial charge is 0.408 e. The second kappa shape index (κ2) is 12.4. The highest BCUT2D eigenvalue weighted by molar-refractivity contribution is 6.30. The van der Waals surface area contributed by atoms with E-state index >= 15 is 0 Å². The van der Waals surface area contributed by atoms with Crippen molar-refractivity contribution < 1.29 is 29.4 Å². The number of halogens is 1. The molecule has 0 bridgehead atoms. The van der Waals surface area contributed by atoms with Crippen molar-refractivity contribution in [1.29, 1.82) is 0 Å². The van der Waals surface area contributed by atoms with Gasteiger partial charge in [0, 0.05) is 47.9 Å². The number of hydrogen-bond acceptors (Lipinski definition) is 6. The van der Waals surface area contributed by atoms with Crippen molar-refractivity contribution in [3.05, 3.63) is 34.9 Å². The molecular weight excluding hydrogens is 546 g/mol. The Labute approximate surface area is 248 Å². The van der Waals surface area contributed by atoms with Gasteiger partial charge in [-0.2, -0.15) is 0 Å². The number of nitrogens with one attached hydrogen (secondary N) is 1. The molecular formula is C31H46ClN3O6. The number of piperidine rings is 1. The Morgan fingerprint density at radius 3 is 2.34 bits per heavy atom. The van der Waals surface area contributed by atoms with Gasteiger partial charge >= 0.3 is 6.09 Å². The van der Waals surface area contributed by atoms with Gasteiger partial charge in [-0.1, -0.05) is 44.5 Å². The van der Waals surface area contributed by atoms with Crippen molar-refractivity contribution >= 4 is 36.2 Å². The minimum atomic E-state index is -1.12. The largest absolute Gasteiger partial charge is 0.465 e. The number of hydrogen-bond donors (Lipinski definition) is 3. The average Bonchev–Trinajstić information content (AvgIpc) is 3.28. The lowest BCUT2D eigenvalue weighted by atomic mass is 9.66. The summed E-state index contributed by atoms with van der Waals surface area (Å²) in [6, 6.07) is 6.58. The van der Waals surface area contributed by atoms with Gasteiger partial charge in [0.1, 0.15) is 12.6 Å². The van der Waals surface area contributed by atoms with Crippen LogP contribution in [0.25, 0.3) is 0 Å². The van der Waals surface area contributed by atoms with Gasteiger partial charge in [0.05, 0.1) is 17.2 Å². The highest BCUT2D eigenvalue weighted by Crippen LogP contribution is 2.47. The van der Waals surface area contributed by atoms with Crippen molar-refractivity contribution in [3.63, 3.8) is 0 Å². The Balaban J connectivity index is 1.65. The molecule has 1 saturated carbocycles. The van der Waals surface area contributed by atoms with Crippen LogP contribution in [0.1, 0.15) is 79.2 Å². The van der Waals surface area contributed by atoms with Crippen LogP contribution in [-0.4, -0.2) is 81.3 Å². The lowest BCUT2D eigenvalue weighted by molar-refractivity contribution is -0.131. The molecule has 0 radical (unpaired) electrons. The molecule has 1 aromatic carbocycles. The summed E-state index contributed by atoms with van der Waals surface area (Å²) in [4.78, 5) is 52.8. The zero-order valence-electron chi connectivity index (χ0n) is 25.2. The van der Waals surface area contributed by atoms with Gasteiger partial charge in [0.2, 0.25) is 5.91 Å². The summed E-state index contributed by atoms with van der Waals surface area (Å²) in [6.45, 7) is 13.1. The van der Waals surface area contributed by atoms with Crippen LogP contribution in [0.5, 0.6) is 0 Å². The number of aliphatic hydroxyl groups is 1. The van der Waals surface area contributed by atoms with Crippen LogP contribution >= 0.6 is 11.6 Å². The second-order valence-corrected chi connectivity index (χ2v) is 14.1. The predicted molar refractivity (Wildman–Crippen MR) is 158 cm³/mol.